The maximum Gasteiger partial charge on any atom is 0.419 e. The highest BCUT2D eigenvalue weighted by atomic mass is 19.4. The summed E-state index contributed by atoms with van der Waals surface area (Å²) in [5.74, 6) is -1.86. The van der Waals surface area contributed by atoms with Gasteiger partial charge in [-0.25, -0.2) is 4.39 Å². The summed E-state index contributed by atoms with van der Waals surface area (Å²) >= 11 is 0. The number of piperidine rings is 1. The van der Waals surface area contributed by atoms with Gasteiger partial charge in [-0.3, -0.25) is 4.79 Å². The molecule has 0 radical (unpaired) electrons. The van der Waals surface area contributed by atoms with Crippen LogP contribution < -0.4 is 0 Å². The molecule has 1 aromatic carbocycles. The number of likely N-dealkylation sites (N-methyl/N-ethyl adjacent to an activating group) is 1. The minimum absolute atomic E-state index is 0.131. The van der Waals surface area contributed by atoms with Gasteiger partial charge in [-0.05, 0) is 45.1 Å². The number of hydrogen-bond acceptors (Lipinski definition) is 2. The van der Waals surface area contributed by atoms with Crippen molar-refractivity contribution in [2.75, 3.05) is 27.2 Å². The third-order valence-corrected chi connectivity index (χ3v) is 3.93. The minimum atomic E-state index is -4.81. The standard InChI is InChI=1S/C15H18F4N2O/c1-20(2)11-4-3-7-21(9-11)14(22)10-5-6-13(16)12(8-10)15(17,18)19/h5-6,8,11H,3-4,7,9H2,1-2H3/t11-/m0/s1. The van der Waals surface area contributed by atoms with E-state index in [-0.39, 0.29) is 11.6 Å². The van der Waals surface area contributed by atoms with E-state index < -0.39 is 23.5 Å². The van der Waals surface area contributed by atoms with E-state index >= 15 is 0 Å². The zero-order chi connectivity index (χ0) is 16.5. The lowest BCUT2D eigenvalue weighted by Crippen LogP contribution is -2.47. The van der Waals surface area contributed by atoms with Crippen molar-refractivity contribution in [1.82, 2.24) is 9.80 Å². The number of likely N-dealkylation sites (tertiary alicyclic amines) is 1. The van der Waals surface area contributed by atoms with E-state index in [0.29, 0.717) is 25.2 Å². The predicted molar refractivity (Wildman–Crippen MR) is 74.0 cm³/mol. The summed E-state index contributed by atoms with van der Waals surface area (Å²) in [5.41, 5.74) is -1.53. The molecule has 0 bridgehead atoms. The van der Waals surface area contributed by atoms with Crippen LogP contribution >= 0.6 is 0 Å². The molecule has 2 rings (SSSR count). The third-order valence-electron chi connectivity index (χ3n) is 3.93. The van der Waals surface area contributed by atoms with Crippen molar-refractivity contribution >= 4 is 5.91 Å². The van der Waals surface area contributed by atoms with Gasteiger partial charge in [0.2, 0.25) is 0 Å². The predicted octanol–water partition coefficient (Wildman–Crippen LogP) is 3.01. The Balaban J connectivity index is 2.23. The van der Waals surface area contributed by atoms with Gasteiger partial charge in [0.1, 0.15) is 5.82 Å². The van der Waals surface area contributed by atoms with Gasteiger partial charge in [0, 0.05) is 24.7 Å². The van der Waals surface area contributed by atoms with Crippen LogP contribution in [0.4, 0.5) is 17.6 Å². The lowest BCUT2D eigenvalue weighted by Gasteiger charge is -2.36. The second kappa shape index (κ2) is 6.24. The molecule has 1 atom stereocenters. The molecule has 7 heteroatoms. The van der Waals surface area contributed by atoms with Gasteiger partial charge in [-0.1, -0.05) is 0 Å². The molecule has 1 amide bonds. The Labute approximate surface area is 126 Å². The monoisotopic (exact) mass is 318 g/mol. The first-order valence-electron chi connectivity index (χ1n) is 7.02. The van der Waals surface area contributed by atoms with Crippen molar-refractivity contribution in [1.29, 1.82) is 0 Å². The fourth-order valence-electron chi connectivity index (χ4n) is 2.62. The van der Waals surface area contributed by atoms with E-state index in [0.717, 1.165) is 18.9 Å². The number of halogens is 4. The highest BCUT2D eigenvalue weighted by Crippen LogP contribution is 2.32. The smallest absolute Gasteiger partial charge is 0.337 e. The lowest BCUT2D eigenvalue weighted by atomic mass is 10.0. The van der Waals surface area contributed by atoms with Crippen LogP contribution in [-0.2, 0) is 6.18 Å². The average molecular weight is 318 g/mol. The van der Waals surface area contributed by atoms with Crippen molar-refractivity contribution in [3.05, 3.63) is 35.1 Å². The van der Waals surface area contributed by atoms with Gasteiger partial charge in [0.25, 0.3) is 5.91 Å². The maximum absolute atomic E-state index is 13.3. The van der Waals surface area contributed by atoms with Crippen LogP contribution in [0.15, 0.2) is 18.2 Å². The molecule has 1 saturated heterocycles. The Hall–Kier alpha value is -1.63. The molecule has 0 spiro atoms. The van der Waals surface area contributed by atoms with Crippen molar-refractivity contribution in [3.63, 3.8) is 0 Å². The summed E-state index contributed by atoms with van der Waals surface area (Å²) in [6.07, 6.45) is -3.08. The Morgan fingerprint density at radius 3 is 2.59 bits per heavy atom. The number of hydrogen-bond donors (Lipinski definition) is 0. The average Bonchev–Trinajstić information content (AvgIpc) is 2.46. The first-order valence-corrected chi connectivity index (χ1v) is 7.02. The first-order chi connectivity index (χ1) is 10.2. The van der Waals surface area contributed by atoms with E-state index in [2.05, 4.69) is 0 Å². The summed E-state index contributed by atoms with van der Waals surface area (Å²) in [6, 6.07) is 2.58. The van der Waals surface area contributed by atoms with Gasteiger partial charge < -0.3 is 9.80 Å². The minimum Gasteiger partial charge on any atom is -0.337 e. The summed E-state index contributed by atoms with van der Waals surface area (Å²) in [6.45, 7) is 0.965. The summed E-state index contributed by atoms with van der Waals surface area (Å²) in [5, 5.41) is 0. The van der Waals surface area contributed by atoms with Crippen LogP contribution in [0.5, 0.6) is 0 Å². The largest absolute Gasteiger partial charge is 0.419 e. The molecule has 1 fully saturated rings. The van der Waals surface area contributed by atoms with Crippen LogP contribution in [-0.4, -0.2) is 48.9 Å². The van der Waals surface area contributed by atoms with Gasteiger partial charge >= 0.3 is 6.18 Å². The third kappa shape index (κ3) is 3.58. The van der Waals surface area contributed by atoms with Crippen LogP contribution in [0.2, 0.25) is 0 Å². The molecule has 0 aliphatic carbocycles. The maximum atomic E-state index is 13.3. The summed E-state index contributed by atoms with van der Waals surface area (Å²) < 4.78 is 51.5. The quantitative estimate of drug-likeness (QED) is 0.783. The molecule has 1 aliphatic rings. The zero-order valence-corrected chi connectivity index (χ0v) is 12.5. The number of nitrogens with zero attached hydrogens (tertiary/aromatic N) is 2. The van der Waals surface area contributed by atoms with E-state index in [1.165, 1.54) is 4.90 Å². The highest BCUT2D eigenvalue weighted by Gasteiger charge is 2.35. The molecule has 0 saturated carbocycles. The van der Waals surface area contributed by atoms with Gasteiger partial charge in [-0.15, -0.1) is 0 Å². The molecular weight excluding hydrogens is 300 g/mol. The highest BCUT2D eigenvalue weighted by molar-refractivity contribution is 5.94. The molecular formula is C15H18F4N2O. The number of carbonyl (C=O) groups excluding carboxylic acids is 1. The van der Waals surface area contributed by atoms with Crippen LogP contribution in [0.1, 0.15) is 28.8 Å². The Kier molecular flexibility index (Phi) is 4.75. The lowest BCUT2D eigenvalue weighted by molar-refractivity contribution is -0.140. The summed E-state index contributed by atoms with van der Waals surface area (Å²) in [4.78, 5) is 15.9. The molecule has 0 unspecified atom stereocenters. The molecule has 0 N–H and O–H groups in total. The van der Waals surface area contributed by atoms with Crippen LogP contribution in [0.3, 0.4) is 0 Å². The van der Waals surface area contributed by atoms with Crippen molar-refractivity contribution in [2.45, 2.75) is 25.1 Å². The second-order valence-corrected chi connectivity index (χ2v) is 5.70. The second-order valence-electron chi connectivity index (χ2n) is 5.70. The van der Waals surface area contributed by atoms with Gasteiger partial charge in [-0.2, -0.15) is 13.2 Å². The Morgan fingerprint density at radius 2 is 2.00 bits per heavy atom. The SMILES string of the molecule is CN(C)[C@H]1CCCN(C(=O)c2ccc(F)c(C(F)(F)F)c2)C1. The molecule has 0 aromatic heterocycles. The molecule has 3 nitrogen and oxygen atoms in total. The van der Waals surface area contributed by atoms with Gasteiger partial charge in [0.05, 0.1) is 5.56 Å². The molecule has 1 aromatic rings. The summed E-state index contributed by atoms with van der Waals surface area (Å²) in [7, 11) is 3.80. The van der Waals surface area contributed by atoms with E-state index in [9.17, 15) is 22.4 Å². The van der Waals surface area contributed by atoms with Gasteiger partial charge in [0.15, 0.2) is 0 Å². The fraction of sp³-hybridized carbons (Fsp3) is 0.533. The number of alkyl halides is 3. The first kappa shape index (κ1) is 16.7. The van der Waals surface area contributed by atoms with Crippen LogP contribution in [0, 0.1) is 5.82 Å². The van der Waals surface area contributed by atoms with E-state index in [1.807, 2.05) is 19.0 Å². The van der Waals surface area contributed by atoms with E-state index in [1.54, 1.807) is 0 Å². The van der Waals surface area contributed by atoms with Crippen LogP contribution in [0.25, 0.3) is 0 Å². The van der Waals surface area contributed by atoms with Crippen molar-refractivity contribution < 1.29 is 22.4 Å². The fourth-order valence-corrected chi connectivity index (χ4v) is 2.62. The molecule has 1 aliphatic heterocycles. The van der Waals surface area contributed by atoms with E-state index in [4.69, 9.17) is 0 Å². The Bertz CT molecular complexity index is 557. The number of benzene rings is 1. The zero-order valence-electron chi connectivity index (χ0n) is 12.5. The normalized spacial score (nSPS) is 19.6. The topological polar surface area (TPSA) is 23.6 Å². The molecule has 22 heavy (non-hydrogen) atoms. The molecule has 1 heterocycles. The van der Waals surface area contributed by atoms with Crippen molar-refractivity contribution in [3.8, 4) is 0 Å². The number of rotatable bonds is 2. The van der Waals surface area contributed by atoms with Crippen molar-refractivity contribution in [2.24, 2.45) is 0 Å². The molecule has 122 valence electrons. The number of amides is 1. The Morgan fingerprint density at radius 1 is 1.32 bits per heavy atom. The number of carbonyl (C=O) groups is 1.